The van der Waals surface area contributed by atoms with Crippen LogP contribution in [0, 0.1) is 0 Å². The van der Waals surface area contributed by atoms with Gasteiger partial charge >= 0.3 is 0 Å². The van der Waals surface area contributed by atoms with Crippen LogP contribution in [0.2, 0.25) is 12.6 Å². The number of hydrogen-bond donors (Lipinski definition) is 0. The molecule has 0 bridgehead atoms. The molecule has 0 spiro atoms. The molecule has 0 amide bonds. The Hall–Kier alpha value is -2.30. The quantitative estimate of drug-likeness (QED) is 0.628. The molecule has 4 nitrogen and oxygen atoms in total. The molecule has 2 heterocycles. The van der Waals surface area contributed by atoms with E-state index in [-0.39, 0.29) is 0 Å². The summed E-state index contributed by atoms with van der Waals surface area (Å²) in [7, 11) is 2.32. The predicted octanol–water partition coefficient (Wildman–Crippen LogP) is 2.83. The Morgan fingerprint density at radius 2 is 2.00 bits per heavy atom. The molecule has 22 heavy (non-hydrogen) atoms. The lowest BCUT2D eigenvalue weighted by molar-refractivity contribution is 0.111. The van der Waals surface area contributed by atoms with E-state index in [1.165, 1.54) is 0 Å². The third-order valence-electron chi connectivity index (χ3n) is 3.80. The van der Waals surface area contributed by atoms with Gasteiger partial charge in [-0.15, -0.1) is 0 Å². The first kappa shape index (κ1) is 14.6. The van der Waals surface area contributed by atoms with Crippen molar-refractivity contribution in [2.24, 2.45) is 0 Å². The molecule has 1 aliphatic rings. The van der Waals surface area contributed by atoms with Crippen LogP contribution in [0.15, 0.2) is 42.6 Å². The third-order valence-corrected chi connectivity index (χ3v) is 3.80. The van der Waals surface area contributed by atoms with Gasteiger partial charge in [-0.25, -0.2) is 4.98 Å². The minimum atomic E-state index is 0.411. The van der Waals surface area contributed by atoms with Crippen molar-refractivity contribution in [1.29, 1.82) is 0 Å². The summed E-state index contributed by atoms with van der Waals surface area (Å²) in [6, 6.07) is 11.2. The molecule has 1 radical (unpaired) electrons. The number of carbonyl (C=O) groups excluding carboxylic acids is 1. The van der Waals surface area contributed by atoms with Crippen LogP contribution in [0.1, 0.15) is 15.9 Å². The zero-order chi connectivity index (χ0) is 15.2. The summed E-state index contributed by atoms with van der Waals surface area (Å²) in [5.41, 5.74) is 1.62. The van der Waals surface area contributed by atoms with Gasteiger partial charge in [-0.1, -0.05) is 30.8 Å². The molecule has 1 fully saturated rings. The van der Waals surface area contributed by atoms with Crippen molar-refractivity contribution < 1.29 is 9.53 Å². The number of aldehydes is 1. The molecule has 0 unspecified atom stereocenters. The second-order valence-corrected chi connectivity index (χ2v) is 5.28. The zero-order valence-corrected chi connectivity index (χ0v) is 12.4. The number of carbonyl (C=O) groups is 1. The van der Waals surface area contributed by atoms with Crippen molar-refractivity contribution in [2.75, 3.05) is 18.0 Å². The molecule has 5 heteroatoms. The highest BCUT2D eigenvalue weighted by molar-refractivity contribution is 6.36. The van der Waals surface area contributed by atoms with Gasteiger partial charge in [0.05, 0.1) is 5.56 Å². The topological polar surface area (TPSA) is 42.4 Å². The number of hydrogen-bond acceptors (Lipinski definition) is 4. The number of rotatable bonds is 5. The summed E-state index contributed by atoms with van der Waals surface area (Å²) >= 11 is 0. The molecule has 0 N–H and O–H groups in total. The number of para-hydroxylation sites is 1. The van der Waals surface area contributed by atoms with Crippen molar-refractivity contribution >= 4 is 19.4 Å². The molecule has 0 atom stereocenters. The highest BCUT2D eigenvalue weighted by Gasteiger charge is 2.16. The second kappa shape index (κ2) is 7.12. The van der Waals surface area contributed by atoms with Crippen LogP contribution in [0.25, 0.3) is 0 Å². The molecule has 111 valence electrons. The Balaban J connectivity index is 1.76. The van der Waals surface area contributed by atoms with Crippen LogP contribution in [-0.2, 0) is 6.61 Å². The first-order valence-electron chi connectivity index (χ1n) is 7.56. The van der Waals surface area contributed by atoms with Gasteiger partial charge < -0.3 is 9.64 Å². The number of pyridine rings is 1. The second-order valence-electron chi connectivity index (χ2n) is 5.28. The van der Waals surface area contributed by atoms with Crippen molar-refractivity contribution in [2.45, 2.75) is 19.2 Å². The maximum atomic E-state index is 11.0. The van der Waals surface area contributed by atoms with Crippen LogP contribution in [0.5, 0.6) is 5.75 Å². The van der Waals surface area contributed by atoms with E-state index in [2.05, 4.69) is 17.2 Å². The van der Waals surface area contributed by atoms with Crippen LogP contribution < -0.4 is 9.64 Å². The van der Waals surface area contributed by atoms with Gasteiger partial charge in [0.2, 0.25) is 0 Å². The number of anilines is 1. The lowest BCUT2D eigenvalue weighted by Crippen LogP contribution is -2.33. The molecule has 2 aromatic rings. The van der Waals surface area contributed by atoms with Crippen LogP contribution in [-0.4, -0.2) is 31.6 Å². The average molecular weight is 293 g/mol. The Bertz CT molecular complexity index is 642. The smallest absolute Gasteiger partial charge is 0.153 e. The van der Waals surface area contributed by atoms with E-state index in [0.717, 1.165) is 43.4 Å². The van der Waals surface area contributed by atoms with E-state index >= 15 is 0 Å². The van der Waals surface area contributed by atoms with Gasteiger partial charge in [0.15, 0.2) is 6.29 Å². The summed E-state index contributed by atoms with van der Waals surface area (Å²) in [4.78, 5) is 17.9. The largest absolute Gasteiger partial charge is 0.488 e. The molecule has 0 aliphatic carbocycles. The summed E-state index contributed by atoms with van der Waals surface area (Å²) in [5, 5.41) is 0. The van der Waals surface area contributed by atoms with E-state index in [0.29, 0.717) is 17.9 Å². The first-order valence-corrected chi connectivity index (χ1v) is 7.56. The van der Waals surface area contributed by atoms with E-state index in [1.54, 1.807) is 6.07 Å². The summed E-state index contributed by atoms with van der Waals surface area (Å²) in [5.74, 6) is 1.60. The lowest BCUT2D eigenvalue weighted by atomic mass is 9.68. The standard InChI is InChI=1S/C17H18BN2O2/c21-12-14-4-1-2-6-16(14)22-13-15-5-3-9-19-17(15)20-10-7-18-8-11-20/h1-6,9,12H,7-8,10-11,13H2. The van der Waals surface area contributed by atoms with E-state index in [1.807, 2.05) is 36.5 Å². The molecule has 3 rings (SSSR count). The van der Waals surface area contributed by atoms with Crippen LogP contribution in [0.4, 0.5) is 5.82 Å². The van der Waals surface area contributed by atoms with Gasteiger partial charge in [-0.05, 0) is 18.2 Å². The molecular weight excluding hydrogens is 275 g/mol. The van der Waals surface area contributed by atoms with Crippen molar-refractivity contribution in [3.8, 4) is 5.75 Å². The molecule has 0 saturated carbocycles. The van der Waals surface area contributed by atoms with Crippen LogP contribution >= 0.6 is 0 Å². The van der Waals surface area contributed by atoms with Gasteiger partial charge in [0.1, 0.15) is 25.5 Å². The van der Waals surface area contributed by atoms with E-state index in [9.17, 15) is 4.79 Å². The molecular formula is C17H18BN2O2. The number of aromatic nitrogens is 1. The lowest BCUT2D eigenvalue weighted by Gasteiger charge is -2.29. The van der Waals surface area contributed by atoms with Crippen molar-refractivity contribution in [3.63, 3.8) is 0 Å². The monoisotopic (exact) mass is 293 g/mol. The normalized spacial score (nSPS) is 14.3. The summed E-state index contributed by atoms with van der Waals surface area (Å²) in [6.45, 7) is 2.40. The van der Waals surface area contributed by atoms with Crippen LogP contribution in [0.3, 0.4) is 0 Å². The fraction of sp³-hybridized carbons (Fsp3) is 0.294. The van der Waals surface area contributed by atoms with Gasteiger partial charge in [-0.3, -0.25) is 4.79 Å². The predicted molar refractivity (Wildman–Crippen MR) is 88.0 cm³/mol. The number of benzene rings is 1. The molecule has 1 aromatic heterocycles. The van der Waals surface area contributed by atoms with E-state index in [4.69, 9.17) is 4.74 Å². The van der Waals surface area contributed by atoms with Gasteiger partial charge in [0, 0.05) is 24.8 Å². The van der Waals surface area contributed by atoms with Crippen molar-refractivity contribution in [1.82, 2.24) is 4.98 Å². The average Bonchev–Trinajstić information content (AvgIpc) is 2.61. The maximum Gasteiger partial charge on any atom is 0.153 e. The minimum absolute atomic E-state index is 0.411. The molecule has 1 aliphatic heterocycles. The first-order chi connectivity index (χ1) is 10.9. The Kier molecular flexibility index (Phi) is 4.73. The van der Waals surface area contributed by atoms with Crippen molar-refractivity contribution in [3.05, 3.63) is 53.7 Å². The maximum absolute atomic E-state index is 11.0. The zero-order valence-electron chi connectivity index (χ0n) is 12.4. The fourth-order valence-corrected chi connectivity index (χ4v) is 2.65. The highest BCUT2D eigenvalue weighted by Crippen LogP contribution is 2.23. The minimum Gasteiger partial charge on any atom is -0.488 e. The Morgan fingerprint density at radius 1 is 1.18 bits per heavy atom. The fourth-order valence-electron chi connectivity index (χ4n) is 2.65. The number of nitrogens with zero attached hydrogens (tertiary/aromatic N) is 2. The SMILES string of the molecule is O=Cc1ccccc1OCc1cccnc1N1CC[B]CC1. The molecule has 1 aromatic carbocycles. The Morgan fingerprint density at radius 3 is 2.82 bits per heavy atom. The Labute approximate surface area is 131 Å². The number of ether oxygens (including phenoxy) is 1. The summed E-state index contributed by atoms with van der Waals surface area (Å²) in [6.07, 6.45) is 4.81. The summed E-state index contributed by atoms with van der Waals surface area (Å²) < 4.78 is 5.84. The van der Waals surface area contributed by atoms with E-state index < -0.39 is 0 Å². The van der Waals surface area contributed by atoms with Gasteiger partial charge in [-0.2, -0.15) is 0 Å². The third kappa shape index (κ3) is 3.30. The highest BCUT2D eigenvalue weighted by atomic mass is 16.5. The van der Waals surface area contributed by atoms with Gasteiger partial charge in [0.25, 0.3) is 0 Å². The molecule has 1 saturated heterocycles.